The Morgan fingerprint density at radius 2 is 1.93 bits per heavy atom. The van der Waals surface area contributed by atoms with Gasteiger partial charge in [0.1, 0.15) is 23.9 Å². The Morgan fingerprint density at radius 1 is 1.07 bits per heavy atom. The number of rotatable bonds is 5. The molecule has 3 nitrogen and oxygen atoms in total. The minimum absolute atomic E-state index is 0.441. The molecule has 3 aromatic rings. The third-order valence-electron chi connectivity index (χ3n) is 6.33. The third kappa shape index (κ3) is 3.15. The molecule has 0 bridgehead atoms. The Kier molecular flexibility index (Phi) is 4.46. The molecular weight excluding hydrogens is 360 g/mol. The van der Waals surface area contributed by atoms with Crippen molar-refractivity contribution >= 4 is 0 Å². The quantitative estimate of drug-likeness (QED) is 0.590. The summed E-state index contributed by atoms with van der Waals surface area (Å²) < 4.78 is 11.9. The van der Waals surface area contributed by atoms with Crippen LogP contribution in [0.25, 0.3) is 11.1 Å². The largest absolute Gasteiger partial charge is 0.508 e. The van der Waals surface area contributed by atoms with E-state index in [4.69, 9.17) is 9.47 Å². The lowest BCUT2D eigenvalue weighted by Crippen LogP contribution is -2.11. The van der Waals surface area contributed by atoms with Crippen molar-refractivity contribution in [1.29, 1.82) is 0 Å². The molecule has 5 rings (SSSR count). The fraction of sp³-hybridized carbons (Fsp3) is 0.308. The van der Waals surface area contributed by atoms with Gasteiger partial charge in [0.2, 0.25) is 0 Å². The summed E-state index contributed by atoms with van der Waals surface area (Å²) >= 11 is 0. The average molecular weight is 386 g/mol. The molecule has 1 unspecified atom stereocenters. The van der Waals surface area contributed by atoms with Crippen LogP contribution in [0, 0.1) is 6.92 Å². The van der Waals surface area contributed by atoms with Crippen LogP contribution < -0.4 is 9.47 Å². The van der Waals surface area contributed by atoms with Crippen LogP contribution in [0.2, 0.25) is 0 Å². The van der Waals surface area contributed by atoms with Gasteiger partial charge in [0.25, 0.3) is 0 Å². The minimum Gasteiger partial charge on any atom is -0.508 e. The Hall–Kier alpha value is -2.94. The van der Waals surface area contributed by atoms with E-state index >= 15 is 0 Å². The van der Waals surface area contributed by atoms with Crippen LogP contribution in [0.3, 0.4) is 0 Å². The Morgan fingerprint density at radius 3 is 2.72 bits per heavy atom. The zero-order valence-electron chi connectivity index (χ0n) is 17.0. The lowest BCUT2D eigenvalue weighted by molar-refractivity contribution is 0.300. The lowest BCUT2D eigenvalue weighted by Gasteiger charge is -2.26. The SMILES string of the molecule is CCC1COc2cc(OCc3cccc(-c4c(C)cc(O)c5c4CC5)c3)ccc21. The molecule has 2 aliphatic rings. The normalized spacial score (nSPS) is 16.6. The molecule has 0 saturated heterocycles. The molecule has 0 fully saturated rings. The van der Waals surface area contributed by atoms with E-state index in [1.807, 2.05) is 18.2 Å². The molecule has 0 radical (unpaired) electrons. The Bertz CT molecular complexity index is 1080. The lowest BCUT2D eigenvalue weighted by atomic mass is 9.79. The predicted molar refractivity (Wildman–Crippen MR) is 115 cm³/mol. The zero-order valence-corrected chi connectivity index (χ0v) is 17.0. The maximum absolute atomic E-state index is 10.1. The summed E-state index contributed by atoms with van der Waals surface area (Å²) in [6, 6.07) is 16.6. The molecule has 1 N–H and O–H groups in total. The highest BCUT2D eigenvalue weighted by Crippen LogP contribution is 2.42. The highest BCUT2D eigenvalue weighted by molar-refractivity contribution is 5.76. The van der Waals surface area contributed by atoms with E-state index in [0.29, 0.717) is 18.3 Å². The first kappa shape index (κ1) is 18.1. The number of ether oxygens (including phenoxy) is 2. The summed E-state index contributed by atoms with van der Waals surface area (Å²) in [4.78, 5) is 0. The van der Waals surface area contributed by atoms with Gasteiger partial charge in [-0.05, 0) is 77.8 Å². The first-order valence-corrected chi connectivity index (χ1v) is 10.5. The van der Waals surface area contributed by atoms with Gasteiger partial charge in [0.05, 0.1) is 6.61 Å². The third-order valence-corrected chi connectivity index (χ3v) is 6.33. The smallest absolute Gasteiger partial charge is 0.126 e. The van der Waals surface area contributed by atoms with E-state index in [0.717, 1.165) is 54.1 Å². The molecular formula is C26H26O3. The fourth-order valence-electron chi connectivity index (χ4n) is 4.61. The number of fused-ring (bicyclic) bond motifs is 2. The summed E-state index contributed by atoms with van der Waals surface area (Å²) in [5, 5.41) is 10.1. The van der Waals surface area contributed by atoms with Gasteiger partial charge in [0.15, 0.2) is 0 Å². The molecule has 0 saturated carbocycles. The second-order valence-corrected chi connectivity index (χ2v) is 8.15. The molecule has 0 spiro atoms. The fourth-order valence-corrected chi connectivity index (χ4v) is 4.61. The maximum Gasteiger partial charge on any atom is 0.126 e. The second-order valence-electron chi connectivity index (χ2n) is 8.15. The van der Waals surface area contributed by atoms with Crippen LogP contribution in [0.4, 0.5) is 0 Å². The van der Waals surface area contributed by atoms with Crippen LogP contribution in [0.15, 0.2) is 48.5 Å². The summed E-state index contributed by atoms with van der Waals surface area (Å²) in [5.41, 5.74) is 8.42. The van der Waals surface area contributed by atoms with Crippen molar-refractivity contribution < 1.29 is 14.6 Å². The van der Waals surface area contributed by atoms with Crippen molar-refractivity contribution in [3.8, 4) is 28.4 Å². The Labute approximate surface area is 171 Å². The number of phenolic OH excluding ortho intramolecular Hbond substituents is 1. The van der Waals surface area contributed by atoms with Crippen LogP contribution in [-0.4, -0.2) is 11.7 Å². The van der Waals surface area contributed by atoms with Crippen molar-refractivity contribution in [2.24, 2.45) is 0 Å². The van der Waals surface area contributed by atoms with Gasteiger partial charge in [-0.2, -0.15) is 0 Å². The van der Waals surface area contributed by atoms with E-state index in [2.05, 4.69) is 44.2 Å². The summed E-state index contributed by atoms with van der Waals surface area (Å²) in [6.45, 7) is 5.56. The summed E-state index contributed by atoms with van der Waals surface area (Å²) in [7, 11) is 0. The summed E-state index contributed by atoms with van der Waals surface area (Å²) in [5.74, 6) is 2.75. The van der Waals surface area contributed by atoms with Gasteiger partial charge >= 0.3 is 0 Å². The number of hydrogen-bond donors (Lipinski definition) is 1. The van der Waals surface area contributed by atoms with Gasteiger partial charge in [-0.25, -0.2) is 0 Å². The van der Waals surface area contributed by atoms with E-state index in [9.17, 15) is 5.11 Å². The van der Waals surface area contributed by atoms with Gasteiger partial charge in [-0.1, -0.05) is 31.2 Å². The Balaban J connectivity index is 1.36. The number of aryl methyl sites for hydroxylation is 1. The molecule has 3 aromatic carbocycles. The van der Waals surface area contributed by atoms with Crippen LogP contribution >= 0.6 is 0 Å². The van der Waals surface area contributed by atoms with E-state index in [1.54, 1.807) is 0 Å². The van der Waals surface area contributed by atoms with Crippen molar-refractivity contribution in [3.05, 3.63) is 76.3 Å². The maximum atomic E-state index is 10.1. The molecule has 0 amide bonds. The standard InChI is InChI=1S/C26H26O3/c1-3-18-15-29-25-13-20(7-8-21(18)25)28-14-17-5-4-6-19(12-17)26-16(2)11-24(27)22-9-10-23(22)26/h4-8,11-13,18,27H,3,9-10,14-15H2,1-2H3. The molecule has 1 atom stereocenters. The first-order valence-electron chi connectivity index (χ1n) is 10.5. The zero-order chi connectivity index (χ0) is 20.0. The molecule has 1 aliphatic carbocycles. The van der Waals surface area contributed by atoms with Gasteiger partial charge in [-0.3, -0.25) is 0 Å². The van der Waals surface area contributed by atoms with Crippen molar-refractivity contribution in [3.63, 3.8) is 0 Å². The second kappa shape index (κ2) is 7.14. The van der Waals surface area contributed by atoms with E-state index < -0.39 is 0 Å². The highest BCUT2D eigenvalue weighted by Gasteiger charge is 2.24. The molecule has 148 valence electrons. The van der Waals surface area contributed by atoms with Crippen molar-refractivity contribution in [1.82, 2.24) is 0 Å². The molecule has 3 heteroatoms. The number of aromatic hydroxyl groups is 1. The predicted octanol–water partition coefficient (Wildman–Crippen LogP) is 5.93. The molecule has 1 aliphatic heterocycles. The molecule has 1 heterocycles. The number of phenols is 1. The molecule has 0 aromatic heterocycles. The van der Waals surface area contributed by atoms with Gasteiger partial charge in [-0.15, -0.1) is 0 Å². The van der Waals surface area contributed by atoms with Crippen molar-refractivity contribution in [2.45, 2.75) is 45.6 Å². The van der Waals surface area contributed by atoms with Crippen molar-refractivity contribution in [2.75, 3.05) is 6.61 Å². The number of benzene rings is 3. The topological polar surface area (TPSA) is 38.7 Å². The number of hydrogen-bond acceptors (Lipinski definition) is 3. The average Bonchev–Trinajstić information content (AvgIpc) is 3.11. The van der Waals surface area contributed by atoms with Gasteiger partial charge < -0.3 is 14.6 Å². The highest BCUT2D eigenvalue weighted by atomic mass is 16.5. The first-order chi connectivity index (χ1) is 14.1. The monoisotopic (exact) mass is 386 g/mol. The van der Waals surface area contributed by atoms with Crippen LogP contribution in [-0.2, 0) is 19.4 Å². The molecule has 29 heavy (non-hydrogen) atoms. The van der Waals surface area contributed by atoms with Gasteiger partial charge in [0, 0.05) is 17.5 Å². The van der Waals surface area contributed by atoms with Crippen LogP contribution in [0.5, 0.6) is 17.2 Å². The van der Waals surface area contributed by atoms with E-state index in [1.165, 1.54) is 22.3 Å². The van der Waals surface area contributed by atoms with E-state index in [-0.39, 0.29) is 0 Å². The summed E-state index contributed by atoms with van der Waals surface area (Å²) in [6.07, 6.45) is 3.10. The minimum atomic E-state index is 0.441. The van der Waals surface area contributed by atoms with Crippen LogP contribution in [0.1, 0.15) is 47.1 Å².